The zero-order valence-corrected chi connectivity index (χ0v) is 21.1. The number of methoxy groups -OCH3 is 1. The summed E-state index contributed by atoms with van der Waals surface area (Å²) in [7, 11) is -2.98. The quantitative estimate of drug-likeness (QED) is 0.233. The number of nitrogens with zero attached hydrogens (tertiary/aromatic N) is 4. The Morgan fingerprint density at radius 1 is 1.24 bits per heavy atom. The number of anilines is 1. The number of imidazole rings is 1. The van der Waals surface area contributed by atoms with E-state index in [2.05, 4.69) is 15.0 Å². The smallest absolute Gasteiger partial charge is 0.359 e. The fourth-order valence-electron chi connectivity index (χ4n) is 3.42. The van der Waals surface area contributed by atoms with Crippen molar-refractivity contribution in [2.45, 2.75) is 76.7 Å². The van der Waals surface area contributed by atoms with Gasteiger partial charge in [-0.2, -0.15) is 9.97 Å². The third kappa shape index (κ3) is 5.85. The van der Waals surface area contributed by atoms with Crippen molar-refractivity contribution in [1.29, 1.82) is 0 Å². The summed E-state index contributed by atoms with van der Waals surface area (Å²) in [6.07, 6.45) is -0.487. The lowest BCUT2D eigenvalue weighted by molar-refractivity contribution is -0.107. The van der Waals surface area contributed by atoms with Crippen LogP contribution >= 0.6 is 7.60 Å². The molecule has 0 aromatic carbocycles. The number of ether oxygens (including phenoxy) is 2. The fourth-order valence-corrected chi connectivity index (χ4v) is 5.21. The molecule has 194 valence electrons. The maximum absolute atomic E-state index is 12.9. The fraction of sp³-hybridized carbons (Fsp3) is 0.750. The summed E-state index contributed by atoms with van der Waals surface area (Å²) in [4.78, 5) is 22.8. The Bertz CT molecular complexity index is 1000. The maximum atomic E-state index is 12.9. The van der Waals surface area contributed by atoms with E-state index in [4.69, 9.17) is 19.7 Å². The third-order valence-corrected chi connectivity index (χ3v) is 8.43. The average Bonchev–Trinajstić information content (AvgIpc) is 3.23. The summed E-state index contributed by atoms with van der Waals surface area (Å²) in [5.74, 6) is 0.0665. The molecule has 2 heterocycles. The normalized spacial score (nSPS) is 17.8. The van der Waals surface area contributed by atoms with Gasteiger partial charge in [-0.1, -0.05) is 20.8 Å². The predicted molar refractivity (Wildman–Crippen MR) is 124 cm³/mol. The highest BCUT2D eigenvalue weighted by Crippen LogP contribution is 2.60. The Hall–Kier alpha value is -1.86. The second-order valence-electron chi connectivity index (χ2n) is 8.28. The number of nitrogens with two attached hydrogens (primary N) is 1. The summed E-state index contributed by atoms with van der Waals surface area (Å²) >= 11 is 0. The van der Waals surface area contributed by atoms with Crippen molar-refractivity contribution in [2.24, 2.45) is 0 Å². The summed E-state index contributed by atoms with van der Waals surface area (Å²) in [6.45, 7) is 6.02. The van der Waals surface area contributed by atoms with Crippen molar-refractivity contribution in [3.8, 4) is 5.88 Å². The third-order valence-electron chi connectivity index (χ3n) is 6.06. The summed E-state index contributed by atoms with van der Waals surface area (Å²) < 4.78 is 30.9. The van der Waals surface area contributed by atoms with Crippen molar-refractivity contribution >= 4 is 24.7 Å². The lowest BCUT2D eigenvalue weighted by Crippen LogP contribution is -2.36. The van der Waals surface area contributed by atoms with Gasteiger partial charge in [0.05, 0.1) is 32.3 Å². The van der Waals surface area contributed by atoms with Gasteiger partial charge in [0, 0.05) is 6.42 Å². The van der Waals surface area contributed by atoms with E-state index < -0.39 is 37.5 Å². The van der Waals surface area contributed by atoms with Gasteiger partial charge in [-0.25, -0.2) is 4.98 Å². The van der Waals surface area contributed by atoms with E-state index in [1.807, 2.05) is 0 Å². The molecule has 2 aromatic heterocycles. The number of aliphatic hydroxyl groups excluding tert-OH is 2. The molecule has 34 heavy (non-hydrogen) atoms. The Labute approximate surface area is 198 Å². The van der Waals surface area contributed by atoms with Crippen LogP contribution in [0, 0.1) is 0 Å². The molecule has 0 fully saturated rings. The van der Waals surface area contributed by atoms with Gasteiger partial charge in [0.25, 0.3) is 0 Å². The van der Waals surface area contributed by atoms with E-state index in [9.17, 15) is 24.8 Å². The minimum Gasteiger partial charge on any atom is -0.479 e. The molecular formula is C20H36N5O8P. The van der Waals surface area contributed by atoms with Gasteiger partial charge in [0.2, 0.25) is 11.8 Å². The number of nitrogen functional groups attached to an aromatic ring is 1. The molecule has 0 saturated carbocycles. The largest absolute Gasteiger partial charge is 0.479 e. The van der Waals surface area contributed by atoms with Gasteiger partial charge in [-0.05, 0) is 26.2 Å². The summed E-state index contributed by atoms with van der Waals surface area (Å²) in [6, 6.07) is 0. The highest BCUT2D eigenvalue weighted by molar-refractivity contribution is 7.54. The first-order chi connectivity index (χ1) is 15.9. The van der Waals surface area contributed by atoms with Crippen molar-refractivity contribution in [3.05, 3.63) is 6.33 Å². The van der Waals surface area contributed by atoms with Crippen LogP contribution < -0.4 is 10.5 Å². The minimum atomic E-state index is -4.39. The van der Waals surface area contributed by atoms with Gasteiger partial charge in [-0.3, -0.25) is 9.13 Å². The molecule has 0 aliphatic rings. The first-order valence-electron chi connectivity index (χ1n) is 11.1. The Balaban J connectivity index is 2.25. The van der Waals surface area contributed by atoms with E-state index in [1.165, 1.54) is 18.0 Å². The van der Waals surface area contributed by atoms with E-state index in [0.717, 1.165) is 0 Å². The van der Waals surface area contributed by atoms with Crippen molar-refractivity contribution in [1.82, 2.24) is 19.5 Å². The molecule has 0 aliphatic heterocycles. The first-order valence-corrected chi connectivity index (χ1v) is 12.7. The molecule has 2 aromatic rings. The molecule has 0 bridgehead atoms. The van der Waals surface area contributed by atoms with E-state index in [1.54, 1.807) is 27.7 Å². The van der Waals surface area contributed by atoms with Crippen LogP contribution in [0.3, 0.4) is 0 Å². The molecule has 2 unspecified atom stereocenters. The maximum Gasteiger partial charge on any atom is 0.359 e. The van der Waals surface area contributed by atoms with Crippen LogP contribution in [0.5, 0.6) is 5.88 Å². The van der Waals surface area contributed by atoms with Crippen LogP contribution in [0.1, 0.15) is 59.6 Å². The zero-order chi connectivity index (χ0) is 25.7. The SMILES string of the molecule is CCC(C)(CCO[C@H]([C@H](O)CO)n1cnc2c(OC)nc(N)nc21)OP(=O)(O)C(O)(CC)CC. The van der Waals surface area contributed by atoms with E-state index in [0.29, 0.717) is 6.42 Å². The predicted octanol–water partition coefficient (Wildman–Crippen LogP) is 1.55. The first kappa shape index (κ1) is 28.4. The molecule has 4 atom stereocenters. The van der Waals surface area contributed by atoms with E-state index >= 15 is 0 Å². The number of fused-ring (bicyclic) bond motifs is 1. The Kier molecular flexibility index (Phi) is 9.39. The van der Waals surface area contributed by atoms with E-state index in [-0.39, 0.29) is 48.9 Å². The Morgan fingerprint density at radius 2 is 1.88 bits per heavy atom. The van der Waals surface area contributed by atoms with Gasteiger partial charge in [0.1, 0.15) is 6.10 Å². The number of hydrogen-bond acceptors (Lipinski definition) is 11. The molecule has 0 saturated heterocycles. The van der Waals surface area contributed by atoms with Crippen LogP contribution in [-0.2, 0) is 13.8 Å². The molecule has 13 nitrogen and oxygen atoms in total. The molecule has 0 spiro atoms. The average molecular weight is 506 g/mol. The number of aromatic nitrogens is 4. The second kappa shape index (κ2) is 11.3. The van der Waals surface area contributed by atoms with Gasteiger partial charge < -0.3 is 39.9 Å². The number of rotatable bonds is 14. The molecule has 2 rings (SSSR count). The summed E-state index contributed by atoms with van der Waals surface area (Å²) in [5, 5.41) is 28.7. The van der Waals surface area contributed by atoms with Crippen molar-refractivity contribution < 1.29 is 38.8 Å². The van der Waals surface area contributed by atoms with Crippen LogP contribution in [0.2, 0.25) is 0 Å². The Morgan fingerprint density at radius 3 is 2.41 bits per heavy atom. The monoisotopic (exact) mass is 505 g/mol. The highest BCUT2D eigenvalue weighted by atomic mass is 31.2. The topological polar surface area (TPSA) is 195 Å². The van der Waals surface area contributed by atoms with Crippen molar-refractivity contribution in [2.75, 3.05) is 26.1 Å². The minimum absolute atomic E-state index is 0.0277. The van der Waals surface area contributed by atoms with Crippen LogP contribution in [0.25, 0.3) is 11.2 Å². The zero-order valence-electron chi connectivity index (χ0n) is 20.2. The molecule has 0 amide bonds. The standard InChI is InChI=1S/C20H36N5O8P/c1-6-19(4,33-34(29,30)20(28,7-2)8-3)9-10-32-17(13(27)11-26)25-12-22-14-15(25)23-18(21)24-16(14)31-5/h12-13,17,26-28H,6-11H2,1-5H3,(H,29,30)(H2,21,23,24)/t13-,17-,19?/m1/s1. The van der Waals surface area contributed by atoms with Crippen LogP contribution in [0.4, 0.5) is 5.95 Å². The van der Waals surface area contributed by atoms with Crippen molar-refractivity contribution in [3.63, 3.8) is 0 Å². The molecule has 0 aliphatic carbocycles. The van der Waals surface area contributed by atoms with Gasteiger partial charge in [-0.15, -0.1) is 0 Å². The number of hydrogen-bond donors (Lipinski definition) is 5. The molecule has 6 N–H and O–H groups in total. The van der Waals surface area contributed by atoms with Crippen LogP contribution in [-0.4, -0.2) is 77.1 Å². The molecule has 14 heteroatoms. The lowest BCUT2D eigenvalue weighted by atomic mass is 10.0. The summed E-state index contributed by atoms with van der Waals surface area (Å²) in [5.41, 5.74) is 5.16. The van der Waals surface area contributed by atoms with Gasteiger partial charge in [0.15, 0.2) is 22.7 Å². The lowest BCUT2D eigenvalue weighted by Gasteiger charge is -2.37. The molecular weight excluding hydrogens is 469 g/mol. The number of aliphatic hydroxyl groups is 3. The second-order valence-corrected chi connectivity index (χ2v) is 10.3. The highest BCUT2D eigenvalue weighted by Gasteiger charge is 2.48. The van der Waals surface area contributed by atoms with Gasteiger partial charge >= 0.3 is 7.60 Å². The molecule has 0 radical (unpaired) electrons. The van der Waals surface area contributed by atoms with Crippen LogP contribution in [0.15, 0.2) is 6.33 Å².